The number of nitrogen functional groups attached to an aromatic ring is 1. The minimum Gasteiger partial charge on any atom is -0.397 e. The lowest BCUT2D eigenvalue weighted by Crippen LogP contribution is -2.50. The Labute approximate surface area is 114 Å². The number of aromatic nitrogens is 1. The molecule has 0 aliphatic carbocycles. The van der Waals surface area contributed by atoms with Crippen molar-refractivity contribution in [3.63, 3.8) is 0 Å². The first-order valence-electron chi connectivity index (χ1n) is 6.80. The van der Waals surface area contributed by atoms with Crippen molar-refractivity contribution in [1.29, 1.82) is 0 Å². The van der Waals surface area contributed by atoms with Crippen LogP contribution in [-0.4, -0.2) is 40.7 Å². The Balaban J connectivity index is 2.28. The zero-order valence-corrected chi connectivity index (χ0v) is 12.1. The summed E-state index contributed by atoms with van der Waals surface area (Å²) >= 11 is 0. The molecular weight excluding hydrogens is 242 g/mol. The predicted octanol–water partition coefficient (Wildman–Crippen LogP) is 1.90. The first-order valence-corrected chi connectivity index (χ1v) is 6.80. The summed E-state index contributed by atoms with van der Waals surface area (Å²) in [6.07, 6.45) is 1.91. The lowest BCUT2D eigenvalue weighted by atomic mass is 10.2. The van der Waals surface area contributed by atoms with Crippen LogP contribution in [0, 0.1) is 0 Å². The Morgan fingerprint density at radius 1 is 1.47 bits per heavy atom. The van der Waals surface area contributed by atoms with Gasteiger partial charge in [-0.1, -0.05) is 0 Å². The van der Waals surface area contributed by atoms with E-state index in [1.807, 2.05) is 43.4 Å². The van der Waals surface area contributed by atoms with Gasteiger partial charge < -0.3 is 19.9 Å². The highest BCUT2D eigenvalue weighted by atomic mass is 16.5. The van der Waals surface area contributed by atoms with Crippen LogP contribution in [0.2, 0.25) is 0 Å². The van der Waals surface area contributed by atoms with E-state index in [-0.39, 0.29) is 24.1 Å². The Bertz CT molecular complexity index is 467. The summed E-state index contributed by atoms with van der Waals surface area (Å²) in [6.45, 7) is 9.30. The molecule has 5 heteroatoms. The Morgan fingerprint density at radius 2 is 2.16 bits per heavy atom. The standard InChI is InChI=1S/C14H23N3O2/c1-9(2)16-7-12(15)5-13(16)14(18)17-6-11(4)19-8-10(17)3/h5,7,9-11H,6,8,15H2,1-4H3. The van der Waals surface area contributed by atoms with Gasteiger partial charge in [0.25, 0.3) is 5.91 Å². The van der Waals surface area contributed by atoms with E-state index in [2.05, 4.69) is 0 Å². The molecular formula is C14H23N3O2. The van der Waals surface area contributed by atoms with Crippen molar-refractivity contribution < 1.29 is 9.53 Å². The fourth-order valence-electron chi connectivity index (χ4n) is 2.43. The maximum atomic E-state index is 12.7. The van der Waals surface area contributed by atoms with E-state index in [4.69, 9.17) is 10.5 Å². The molecule has 0 radical (unpaired) electrons. The first kappa shape index (κ1) is 13.9. The van der Waals surface area contributed by atoms with Crippen LogP contribution in [0.25, 0.3) is 0 Å². The van der Waals surface area contributed by atoms with Gasteiger partial charge >= 0.3 is 0 Å². The number of hydrogen-bond acceptors (Lipinski definition) is 3. The molecule has 2 N–H and O–H groups in total. The number of ether oxygens (including phenoxy) is 1. The van der Waals surface area contributed by atoms with Gasteiger partial charge in [0, 0.05) is 18.8 Å². The van der Waals surface area contributed by atoms with Gasteiger partial charge in [-0.3, -0.25) is 4.79 Å². The maximum Gasteiger partial charge on any atom is 0.270 e. The van der Waals surface area contributed by atoms with E-state index in [0.717, 1.165) is 0 Å². The van der Waals surface area contributed by atoms with Gasteiger partial charge in [0.15, 0.2) is 0 Å². The minimum absolute atomic E-state index is 0.0352. The molecule has 19 heavy (non-hydrogen) atoms. The van der Waals surface area contributed by atoms with Crippen LogP contribution < -0.4 is 5.73 Å². The molecule has 2 heterocycles. The molecule has 5 nitrogen and oxygen atoms in total. The predicted molar refractivity (Wildman–Crippen MR) is 75.1 cm³/mol. The molecule has 2 rings (SSSR count). The topological polar surface area (TPSA) is 60.5 Å². The summed E-state index contributed by atoms with van der Waals surface area (Å²) in [7, 11) is 0. The van der Waals surface area contributed by atoms with Crippen molar-refractivity contribution >= 4 is 11.6 Å². The smallest absolute Gasteiger partial charge is 0.270 e. The third-order valence-corrected chi connectivity index (χ3v) is 3.51. The highest BCUT2D eigenvalue weighted by molar-refractivity contribution is 5.94. The van der Waals surface area contributed by atoms with Gasteiger partial charge in [0.05, 0.1) is 24.4 Å². The van der Waals surface area contributed by atoms with E-state index in [9.17, 15) is 4.79 Å². The Hall–Kier alpha value is -1.49. The van der Waals surface area contributed by atoms with E-state index in [1.54, 1.807) is 6.07 Å². The monoisotopic (exact) mass is 265 g/mol. The number of nitrogens with two attached hydrogens (primary N) is 1. The van der Waals surface area contributed by atoms with Crippen molar-refractivity contribution in [2.45, 2.75) is 45.9 Å². The molecule has 2 atom stereocenters. The fraction of sp³-hybridized carbons (Fsp3) is 0.643. The van der Waals surface area contributed by atoms with Crippen LogP contribution in [0.5, 0.6) is 0 Å². The first-order chi connectivity index (χ1) is 8.90. The third kappa shape index (κ3) is 2.76. The molecule has 0 saturated carbocycles. The molecule has 1 saturated heterocycles. The summed E-state index contributed by atoms with van der Waals surface area (Å²) in [5, 5.41) is 0. The molecule has 1 aromatic heterocycles. The number of nitrogens with zero attached hydrogens (tertiary/aromatic N) is 2. The molecule has 0 aromatic carbocycles. The van der Waals surface area contributed by atoms with Gasteiger partial charge in [0.1, 0.15) is 5.69 Å². The molecule has 1 aliphatic rings. The molecule has 0 bridgehead atoms. The van der Waals surface area contributed by atoms with Crippen molar-refractivity contribution in [3.05, 3.63) is 18.0 Å². The molecule has 1 fully saturated rings. The summed E-state index contributed by atoms with van der Waals surface area (Å²) < 4.78 is 7.50. The largest absolute Gasteiger partial charge is 0.397 e. The quantitative estimate of drug-likeness (QED) is 0.888. The van der Waals surface area contributed by atoms with Gasteiger partial charge in [0.2, 0.25) is 0 Å². The maximum absolute atomic E-state index is 12.7. The highest BCUT2D eigenvalue weighted by Gasteiger charge is 2.30. The van der Waals surface area contributed by atoms with E-state index in [1.165, 1.54) is 0 Å². The summed E-state index contributed by atoms with van der Waals surface area (Å²) in [6, 6.07) is 2.07. The second-order valence-electron chi connectivity index (χ2n) is 5.61. The van der Waals surface area contributed by atoms with Gasteiger partial charge in [-0.25, -0.2) is 0 Å². The number of rotatable bonds is 2. The summed E-state index contributed by atoms with van der Waals surface area (Å²) in [4.78, 5) is 14.6. The van der Waals surface area contributed by atoms with Crippen molar-refractivity contribution in [1.82, 2.24) is 9.47 Å². The summed E-state index contributed by atoms with van der Waals surface area (Å²) in [5.41, 5.74) is 7.12. The SMILES string of the molecule is CC1CN(C(=O)c2cc(N)cn2C(C)C)C(C)CO1. The lowest BCUT2D eigenvalue weighted by Gasteiger charge is -2.37. The molecule has 1 amide bonds. The molecule has 1 aliphatic heterocycles. The minimum atomic E-state index is 0.0352. The second kappa shape index (κ2) is 5.25. The average Bonchev–Trinajstić information content (AvgIpc) is 2.74. The molecule has 106 valence electrons. The Morgan fingerprint density at radius 3 is 2.79 bits per heavy atom. The molecule has 2 unspecified atom stereocenters. The van der Waals surface area contributed by atoms with Crippen LogP contribution in [-0.2, 0) is 4.74 Å². The summed E-state index contributed by atoms with van der Waals surface area (Å²) in [5.74, 6) is 0.0352. The number of amides is 1. The van der Waals surface area contributed by atoms with Crippen LogP contribution in [0.1, 0.15) is 44.2 Å². The van der Waals surface area contributed by atoms with Gasteiger partial charge in [-0.2, -0.15) is 0 Å². The zero-order valence-electron chi connectivity index (χ0n) is 12.1. The van der Waals surface area contributed by atoms with Crippen molar-refractivity contribution in [3.8, 4) is 0 Å². The fourth-order valence-corrected chi connectivity index (χ4v) is 2.43. The zero-order chi connectivity index (χ0) is 14.2. The van der Waals surface area contributed by atoms with E-state index >= 15 is 0 Å². The van der Waals surface area contributed by atoms with Crippen LogP contribution >= 0.6 is 0 Å². The van der Waals surface area contributed by atoms with E-state index < -0.39 is 0 Å². The second-order valence-corrected chi connectivity index (χ2v) is 5.61. The highest BCUT2D eigenvalue weighted by Crippen LogP contribution is 2.21. The number of morpholine rings is 1. The van der Waals surface area contributed by atoms with Crippen molar-refractivity contribution in [2.75, 3.05) is 18.9 Å². The van der Waals surface area contributed by atoms with Crippen molar-refractivity contribution in [2.24, 2.45) is 0 Å². The number of hydrogen-bond donors (Lipinski definition) is 1. The number of carbonyl (C=O) groups is 1. The normalized spacial score (nSPS) is 23.9. The third-order valence-electron chi connectivity index (χ3n) is 3.51. The van der Waals surface area contributed by atoms with E-state index in [0.29, 0.717) is 24.5 Å². The number of anilines is 1. The van der Waals surface area contributed by atoms with Crippen LogP contribution in [0.3, 0.4) is 0 Å². The van der Waals surface area contributed by atoms with Gasteiger partial charge in [-0.05, 0) is 33.8 Å². The molecule has 1 aromatic rings. The number of carbonyl (C=O) groups excluding carboxylic acids is 1. The van der Waals surface area contributed by atoms with Crippen LogP contribution in [0.4, 0.5) is 5.69 Å². The average molecular weight is 265 g/mol. The van der Waals surface area contributed by atoms with Crippen LogP contribution in [0.15, 0.2) is 12.3 Å². The lowest BCUT2D eigenvalue weighted by molar-refractivity contribution is -0.0390. The Kier molecular flexibility index (Phi) is 3.85. The van der Waals surface area contributed by atoms with Gasteiger partial charge in [-0.15, -0.1) is 0 Å². The molecule has 0 spiro atoms.